The maximum atomic E-state index is 13.6. The number of anilines is 1. The number of hydrogen-bond acceptors (Lipinski definition) is 7. The molecule has 1 amide bonds. The minimum absolute atomic E-state index is 0.00740. The number of nitrogens with one attached hydrogen (secondary N) is 1. The van der Waals surface area contributed by atoms with Crippen LogP contribution in [-0.4, -0.2) is 63.4 Å². The summed E-state index contributed by atoms with van der Waals surface area (Å²) in [6.45, 7) is 1.09. The van der Waals surface area contributed by atoms with Crippen molar-refractivity contribution < 1.29 is 23.4 Å². The van der Waals surface area contributed by atoms with Gasteiger partial charge in [0.1, 0.15) is 23.5 Å². The number of halogens is 1. The standard InChI is InChI=1S/C26H28FN5O5/c1-35-14-26-11-25(12-26,13-36-26)32-10-15-8-17(23(29-21(15)30-32)37-16-4-2-5-16)22(33)28-19-6-3-7-31(24(19)34)20-9-18(20)27/h3,6-8,10,16,18,20H,2,4-5,9,11-14H2,1H3,(H,28,33)/t18-,20-,25?,26?/m0/s1. The first-order valence-corrected chi connectivity index (χ1v) is 12.8. The SMILES string of the molecule is COCC12CC(n3cc4cc(C(=O)Nc5cccn([C@H]6C[C@@H]6F)c5=O)c(OC5CCC5)nc4n3)(CO1)C2. The van der Waals surface area contributed by atoms with E-state index < -0.39 is 23.7 Å². The Hall–Kier alpha value is -3.31. The third-order valence-electron chi connectivity index (χ3n) is 8.14. The zero-order valence-electron chi connectivity index (χ0n) is 20.5. The van der Waals surface area contributed by atoms with Crippen LogP contribution in [0.25, 0.3) is 11.0 Å². The summed E-state index contributed by atoms with van der Waals surface area (Å²) in [5, 5.41) is 8.13. The van der Waals surface area contributed by atoms with Gasteiger partial charge in [-0.05, 0) is 37.5 Å². The van der Waals surface area contributed by atoms with E-state index in [-0.39, 0.29) is 34.4 Å². The van der Waals surface area contributed by atoms with Crippen LogP contribution in [0.1, 0.15) is 54.9 Å². The van der Waals surface area contributed by atoms with Gasteiger partial charge >= 0.3 is 0 Å². The average molecular weight is 510 g/mol. The molecule has 0 spiro atoms. The van der Waals surface area contributed by atoms with Gasteiger partial charge in [-0.2, -0.15) is 10.1 Å². The number of alkyl halides is 1. The van der Waals surface area contributed by atoms with Gasteiger partial charge in [-0.15, -0.1) is 0 Å². The normalized spacial score (nSPS) is 30.1. The highest BCUT2D eigenvalue weighted by molar-refractivity contribution is 6.07. The summed E-state index contributed by atoms with van der Waals surface area (Å²) in [5.41, 5.74) is -0.137. The third-order valence-corrected chi connectivity index (χ3v) is 8.14. The number of ether oxygens (including phenoxy) is 3. The molecule has 8 rings (SSSR count). The van der Waals surface area contributed by atoms with E-state index in [9.17, 15) is 14.0 Å². The molecular weight excluding hydrogens is 481 g/mol. The second kappa shape index (κ2) is 8.09. The van der Waals surface area contributed by atoms with Crippen molar-refractivity contribution in [3.8, 4) is 5.88 Å². The van der Waals surface area contributed by atoms with Crippen molar-refractivity contribution >= 4 is 22.6 Å². The first kappa shape index (κ1) is 22.9. The lowest BCUT2D eigenvalue weighted by molar-refractivity contribution is -0.0694. The molecule has 5 fully saturated rings. The van der Waals surface area contributed by atoms with Gasteiger partial charge in [0, 0.05) is 44.2 Å². The van der Waals surface area contributed by atoms with Crippen molar-refractivity contribution in [1.82, 2.24) is 19.3 Å². The van der Waals surface area contributed by atoms with Crippen LogP contribution in [-0.2, 0) is 15.0 Å². The van der Waals surface area contributed by atoms with Crippen molar-refractivity contribution in [2.24, 2.45) is 0 Å². The molecule has 2 saturated heterocycles. The molecule has 2 atom stereocenters. The number of pyridine rings is 2. The third kappa shape index (κ3) is 3.66. The lowest BCUT2D eigenvalue weighted by Crippen LogP contribution is -2.53. The zero-order valence-corrected chi connectivity index (χ0v) is 20.5. The Morgan fingerprint density at radius 2 is 2.16 bits per heavy atom. The molecule has 0 radical (unpaired) electrons. The number of carbonyl (C=O) groups excluding carboxylic acids is 1. The summed E-state index contributed by atoms with van der Waals surface area (Å²) in [7, 11) is 1.67. The summed E-state index contributed by atoms with van der Waals surface area (Å²) in [4.78, 5) is 30.9. The molecule has 3 saturated carbocycles. The first-order valence-electron chi connectivity index (χ1n) is 12.8. The molecule has 3 aromatic rings. The Balaban J connectivity index is 1.21. The summed E-state index contributed by atoms with van der Waals surface area (Å²) in [6, 6.07) is 4.39. The van der Waals surface area contributed by atoms with E-state index >= 15 is 0 Å². The minimum atomic E-state index is -1.03. The smallest absolute Gasteiger partial charge is 0.274 e. The van der Waals surface area contributed by atoms with Crippen LogP contribution in [0.4, 0.5) is 10.1 Å². The van der Waals surface area contributed by atoms with Crippen LogP contribution in [0.15, 0.2) is 35.4 Å². The fourth-order valence-electron chi connectivity index (χ4n) is 5.85. The Morgan fingerprint density at radius 3 is 2.86 bits per heavy atom. The van der Waals surface area contributed by atoms with Crippen molar-refractivity contribution in [3.05, 3.63) is 46.5 Å². The molecule has 10 nitrogen and oxygen atoms in total. The monoisotopic (exact) mass is 509 g/mol. The molecule has 194 valence electrons. The van der Waals surface area contributed by atoms with Gasteiger partial charge in [0.25, 0.3) is 11.5 Å². The quantitative estimate of drug-likeness (QED) is 0.497. The molecule has 2 bridgehead atoms. The summed E-state index contributed by atoms with van der Waals surface area (Å²) < 4.78 is 34.3. The Kier molecular flexibility index (Phi) is 5.00. The Labute approximate surface area is 211 Å². The molecule has 37 heavy (non-hydrogen) atoms. The zero-order chi connectivity index (χ0) is 25.4. The number of hydrogen-bond donors (Lipinski definition) is 1. The highest BCUT2D eigenvalue weighted by Gasteiger charge is 2.64. The van der Waals surface area contributed by atoms with Gasteiger partial charge < -0.3 is 24.1 Å². The molecule has 0 aromatic carbocycles. The average Bonchev–Trinajstić information content (AvgIpc) is 3.16. The van der Waals surface area contributed by atoms with Gasteiger partial charge in [0.15, 0.2) is 5.65 Å². The lowest BCUT2D eigenvalue weighted by Gasteiger charge is -2.43. The van der Waals surface area contributed by atoms with Crippen molar-refractivity contribution in [2.75, 3.05) is 25.6 Å². The second-order valence-corrected chi connectivity index (χ2v) is 10.9. The predicted octanol–water partition coefficient (Wildman–Crippen LogP) is 2.96. The van der Waals surface area contributed by atoms with Gasteiger partial charge in [-0.3, -0.25) is 14.3 Å². The van der Waals surface area contributed by atoms with Crippen molar-refractivity contribution in [3.63, 3.8) is 0 Å². The van der Waals surface area contributed by atoms with Crippen LogP contribution in [0, 0.1) is 0 Å². The molecule has 5 aliphatic rings. The molecule has 2 aliphatic heterocycles. The molecule has 11 heteroatoms. The highest BCUT2D eigenvalue weighted by Crippen LogP contribution is 2.56. The van der Waals surface area contributed by atoms with Crippen LogP contribution < -0.4 is 15.6 Å². The number of amides is 1. The highest BCUT2D eigenvalue weighted by atomic mass is 19.1. The van der Waals surface area contributed by atoms with Crippen LogP contribution in [0.2, 0.25) is 0 Å². The van der Waals surface area contributed by atoms with Gasteiger partial charge in [-0.25, -0.2) is 4.39 Å². The molecule has 3 aliphatic carbocycles. The van der Waals surface area contributed by atoms with Gasteiger partial charge in [-0.1, -0.05) is 0 Å². The molecular formula is C26H28FN5O5. The fraction of sp³-hybridized carbons (Fsp3) is 0.538. The Bertz CT molecular complexity index is 1460. The van der Waals surface area contributed by atoms with Crippen LogP contribution in [0.3, 0.4) is 0 Å². The number of rotatable bonds is 8. The van der Waals surface area contributed by atoms with Crippen LogP contribution >= 0.6 is 0 Å². The van der Waals surface area contributed by atoms with Gasteiger partial charge in [0.2, 0.25) is 5.88 Å². The lowest BCUT2D eigenvalue weighted by atomic mass is 9.69. The largest absolute Gasteiger partial charge is 0.474 e. The van der Waals surface area contributed by atoms with E-state index in [1.807, 2.05) is 10.9 Å². The van der Waals surface area contributed by atoms with E-state index in [0.717, 1.165) is 32.1 Å². The number of carbonyl (C=O) groups is 1. The van der Waals surface area contributed by atoms with Crippen molar-refractivity contribution in [1.29, 1.82) is 0 Å². The van der Waals surface area contributed by atoms with Gasteiger partial charge in [0.05, 0.1) is 30.4 Å². The number of methoxy groups -OCH3 is 1. The fourth-order valence-corrected chi connectivity index (χ4v) is 5.85. The maximum absolute atomic E-state index is 13.6. The summed E-state index contributed by atoms with van der Waals surface area (Å²) >= 11 is 0. The van der Waals surface area contributed by atoms with E-state index in [4.69, 9.17) is 19.3 Å². The topological polar surface area (TPSA) is 110 Å². The molecule has 3 aromatic heterocycles. The summed E-state index contributed by atoms with van der Waals surface area (Å²) in [6.07, 6.45) is 7.17. The first-order chi connectivity index (χ1) is 17.9. The maximum Gasteiger partial charge on any atom is 0.274 e. The second-order valence-electron chi connectivity index (χ2n) is 10.9. The van der Waals surface area contributed by atoms with Crippen LogP contribution in [0.5, 0.6) is 5.88 Å². The van der Waals surface area contributed by atoms with E-state index in [0.29, 0.717) is 30.7 Å². The summed E-state index contributed by atoms with van der Waals surface area (Å²) in [5.74, 6) is -0.311. The van der Waals surface area contributed by atoms with E-state index in [1.165, 1.54) is 10.6 Å². The predicted molar refractivity (Wildman–Crippen MR) is 131 cm³/mol. The number of aromatic nitrogens is 4. The number of fused-ring (bicyclic) bond motifs is 2. The molecule has 0 unspecified atom stereocenters. The van der Waals surface area contributed by atoms with E-state index in [2.05, 4.69) is 10.3 Å². The van der Waals surface area contributed by atoms with E-state index in [1.54, 1.807) is 25.4 Å². The molecule has 5 heterocycles. The van der Waals surface area contributed by atoms with Crippen molar-refractivity contribution in [2.45, 2.75) is 68.0 Å². The minimum Gasteiger partial charge on any atom is -0.474 e. The Morgan fingerprint density at radius 1 is 1.35 bits per heavy atom. The molecule has 1 N–H and O–H groups in total. The number of nitrogens with zero attached hydrogens (tertiary/aromatic N) is 4.